The van der Waals surface area contributed by atoms with Gasteiger partial charge in [0.15, 0.2) is 5.16 Å². The number of amides is 1. The van der Waals surface area contributed by atoms with Gasteiger partial charge in [-0.15, -0.1) is 10.2 Å². The van der Waals surface area contributed by atoms with Crippen molar-refractivity contribution < 1.29 is 9.21 Å². The van der Waals surface area contributed by atoms with Crippen molar-refractivity contribution in [3.8, 4) is 0 Å². The molecule has 1 aliphatic rings. The molecule has 0 aliphatic carbocycles. The molecule has 0 spiro atoms. The third-order valence-corrected chi connectivity index (χ3v) is 5.49. The molecule has 0 radical (unpaired) electrons. The third-order valence-electron chi connectivity index (χ3n) is 4.53. The smallest absolute Gasteiger partial charge is 0.230 e. The van der Waals surface area contributed by atoms with Crippen LogP contribution in [0.1, 0.15) is 39.9 Å². The summed E-state index contributed by atoms with van der Waals surface area (Å²) in [4.78, 5) is 14.3. The van der Waals surface area contributed by atoms with Crippen molar-refractivity contribution in [1.82, 2.24) is 20.1 Å². The van der Waals surface area contributed by atoms with Crippen molar-refractivity contribution in [1.29, 1.82) is 0 Å². The van der Waals surface area contributed by atoms with Crippen LogP contribution >= 0.6 is 11.8 Å². The van der Waals surface area contributed by atoms with Gasteiger partial charge in [-0.25, -0.2) is 0 Å². The fourth-order valence-electron chi connectivity index (χ4n) is 3.64. The SMILES string of the molecule is CC(C)NC(=O)CSc1nnc(N2C[C@H](C)C[C@H](C)C2)n1Cc1ccco1. The Morgan fingerprint density at radius 2 is 2.07 bits per heavy atom. The summed E-state index contributed by atoms with van der Waals surface area (Å²) in [6.45, 7) is 11.0. The van der Waals surface area contributed by atoms with Gasteiger partial charge in [0.1, 0.15) is 5.76 Å². The Balaban J connectivity index is 1.80. The van der Waals surface area contributed by atoms with Crippen LogP contribution in [0.25, 0.3) is 0 Å². The van der Waals surface area contributed by atoms with Gasteiger partial charge in [0, 0.05) is 19.1 Å². The van der Waals surface area contributed by atoms with Crippen LogP contribution in [-0.2, 0) is 11.3 Å². The fraction of sp³-hybridized carbons (Fsp3) is 0.632. The minimum Gasteiger partial charge on any atom is -0.467 e. The second-order valence-electron chi connectivity index (χ2n) is 7.81. The Morgan fingerprint density at radius 3 is 2.70 bits per heavy atom. The Morgan fingerprint density at radius 1 is 1.33 bits per heavy atom. The zero-order chi connectivity index (χ0) is 19.4. The molecule has 0 saturated carbocycles. The molecular weight excluding hydrogens is 362 g/mol. The number of anilines is 1. The average molecular weight is 392 g/mol. The molecule has 1 amide bonds. The quantitative estimate of drug-likeness (QED) is 0.731. The van der Waals surface area contributed by atoms with Crippen LogP contribution in [-0.4, -0.2) is 45.6 Å². The van der Waals surface area contributed by atoms with Gasteiger partial charge in [0.25, 0.3) is 0 Å². The molecule has 2 aromatic rings. The number of hydrogen-bond donors (Lipinski definition) is 1. The van der Waals surface area contributed by atoms with E-state index in [1.807, 2.05) is 26.0 Å². The summed E-state index contributed by atoms with van der Waals surface area (Å²) in [5.41, 5.74) is 0. The molecular formula is C19H29N5O2S. The number of carbonyl (C=O) groups excluding carboxylic acids is 1. The average Bonchev–Trinajstić information content (AvgIpc) is 3.22. The lowest BCUT2D eigenvalue weighted by Crippen LogP contribution is -2.40. The van der Waals surface area contributed by atoms with Gasteiger partial charge in [0.2, 0.25) is 11.9 Å². The summed E-state index contributed by atoms with van der Waals surface area (Å²) in [5.74, 6) is 3.27. The van der Waals surface area contributed by atoms with Gasteiger partial charge in [-0.3, -0.25) is 9.36 Å². The first kappa shape index (κ1) is 19.8. The number of thioether (sulfide) groups is 1. The monoisotopic (exact) mass is 391 g/mol. The van der Waals surface area contributed by atoms with E-state index in [-0.39, 0.29) is 11.9 Å². The van der Waals surface area contributed by atoms with E-state index in [0.29, 0.717) is 24.1 Å². The number of nitrogens with zero attached hydrogens (tertiary/aromatic N) is 4. The molecule has 2 atom stereocenters. The first-order valence-electron chi connectivity index (χ1n) is 9.55. The van der Waals surface area contributed by atoms with Crippen LogP contribution in [0.3, 0.4) is 0 Å². The molecule has 1 aliphatic heterocycles. The van der Waals surface area contributed by atoms with E-state index < -0.39 is 0 Å². The van der Waals surface area contributed by atoms with Crippen LogP contribution in [0.5, 0.6) is 0 Å². The highest BCUT2D eigenvalue weighted by molar-refractivity contribution is 7.99. The Labute approximate surface area is 164 Å². The first-order chi connectivity index (χ1) is 12.9. The molecule has 8 heteroatoms. The van der Waals surface area contributed by atoms with Crippen LogP contribution < -0.4 is 10.2 Å². The number of hydrogen-bond acceptors (Lipinski definition) is 6. The van der Waals surface area contributed by atoms with Gasteiger partial charge >= 0.3 is 0 Å². The lowest BCUT2D eigenvalue weighted by Gasteiger charge is -2.35. The minimum absolute atomic E-state index is 0.00400. The molecule has 1 fully saturated rings. The minimum atomic E-state index is 0.00400. The predicted molar refractivity (Wildman–Crippen MR) is 107 cm³/mol. The van der Waals surface area contributed by atoms with Crippen molar-refractivity contribution in [2.24, 2.45) is 11.8 Å². The Bertz CT molecular complexity index is 733. The van der Waals surface area contributed by atoms with Crippen molar-refractivity contribution in [3.63, 3.8) is 0 Å². The molecule has 7 nitrogen and oxygen atoms in total. The van der Waals surface area contributed by atoms with Crippen molar-refractivity contribution in [2.45, 2.75) is 51.9 Å². The second-order valence-corrected chi connectivity index (χ2v) is 8.75. The Hall–Kier alpha value is -1.96. The molecule has 27 heavy (non-hydrogen) atoms. The van der Waals surface area contributed by atoms with Gasteiger partial charge in [-0.1, -0.05) is 25.6 Å². The number of piperidine rings is 1. The third kappa shape index (κ3) is 5.28. The normalized spacial score (nSPS) is 20.3. The van der Waals surface area contributed by atoms with E-state index in [4.69, 9.17) is 4.42 Å². The van der Waals surface area contributed by atoms with E-state index in [0.717, 1.165) is 30.0 Å². The number of nitrogens with one attached hydrogen (secondary N) is 1. The highest BCUT2D eigenvalue weighted by atomic mass is 32.2. The molecule has 0 aromatic carbocycles. The zero-order valence-electron chi connectivity index (χ0n) is 16.5. The predicted octanol–water partition coefficient (Wildman–Crippen LogP) is 3.02. The molecule has 1 saturated heterocycles. The van der Waals surface area contributed by atoms with Gasteiger partial charge < -0.3 is 14.6 Å². The maximum absolute atomic E-state index is 12.0. The molecule has 148 valence electrons. The molecule has 3 heterocycles. The zero-order valence-corrected chi connectivity index (χ0v) is 17.3. The van der Waals surface area contributed by atoms with Crippen LogP contribution in [0.15, 0.2) is 28.0 Å². The van der Waals surface area contributed by atoms with E-state index in [1.165, 1.54) is 18.2 Å². The van der Waals surface area contributed by atoms with Crippen molar-refractivity contribution in [3.05, 3.63) is 24.2 Å². The van der Waals surface area contributed by atoms with E-state index in [9.17, 15) is 4.79 Å². The Kier molecular flexibility index (Phi) is 6.46. The lowest BCUT2D eigenvalue weighted by atomic mass is 9.92. The maximum atomic E-state index is 12.0. The highest BCUT2D eigenvalue weighted by Gasteiger charge is 2.27. The van der Waals surface area contributed by atoms with Crippen LogP contribution in [0.4, 0.5) is 5.95 Å². The molecule has 0 unspecified atom stereocenters. The summed E-state index contributed by atoms with van der Waals surface area (Å²) in [7, 11) is 0. The standard InChI is InChI=1S/C19H29N5O2S/c1-13(2)20-17(25)12-27-19-22-21-18(23-9-14(3)8-15(4)10-23)24(19)11-16-6-5-7-26-16/h5-7,13-15H,8-12H2,1-4H3,(H,20,25)/t14-,15+. The fourth-order valence-corrected chi connectivity index (χ4v) is 4.38. The van der Waals surface area contributed by atoms with Crippen LogP contribution in [0.2, 0.25) is 0 Å². The number of carbonyl (C=O) groups is 1. The summed E-state index contributed by atoms with van der Waals surface area (Å²) in [5, 5.41) is 12.5. The molecule has 0 bridgehead atoms. The topological polar surface area (TPSA) is 76.2 Å². The van der Waals surface area contributed by atoms with E-state index in [1.54, 1.807) is 6.26 Å². The van der Waals surface area contributed by atoms with Crippen molar-refractivity contribution >= 4 is 23.6 Å². The molecule has 1 N–H and O–H groups in total. The highest BCUT2D eigenvalue weighted by Crippen LogP contribution is 2.28. The largest absolute Gasteiger partial charge is 0.467 e. The first-order valence-corrected chi connectivity index (χ1v) is 10.5. The van der Waals surface area contributed by atoms with Crippen molar-refractivity contribution in [2.75, 3.05) is 23.7 Å². The van der Waals surface area contributed by atoms with Gasteiger partial charge in [-0.2, -0.15) is 0 Å². The summed E-state index contributed by atoms with van der Waals surface area (Å²) in [6.07, 6.45) is 2.91. The molecule has 3 rings (SSSR count). The summed E-state index contributed by atoms with van der Waals surface area (Å²) in [6, 6.07) is 3.96. The second kappa shape index (κ2) is 8.82. The maximum Gasteiger partial charge on any atom is 0.230 e. The number of furan rings is 1. The summed E-state index contributed by atoms with van der Waals surface area (Å²) < 4.78 is 7.61. The lowest BCUT2D eigenvalue weighted by molar-refractivity contribution is -0.119. The van der Waals surface area contributed by atoms with Gasteiger partial charge in [-0.05, 0) is 44.2 Å². The van der Waals surface area contributed by atoms with Gasteiger partial charge in [0.05, 0.1) is 18.6 Å². The number of rotatable bonds is 7. The van der Waals surface area contributed by atoms with E-state index >= 15 is 0 Å². The van der Waals surface area contributed by atoms with E-state index in [2.05, 4.69) is 38.8 Å². The summed E-state index contributed by atoms with van der Waals surface area (Å²) >= 11 is 1.41. The molecule has 2 aromatic heterocycles. The number of aromatic nitrogens is 3. The van der Waals surface area contributed by atoms with Crippen LogP contribution in [0, 0.1) is 11.8 Å².